The van der Waals surface area contributed by atoms with Crippen LogP contribution in [0.5, 0.6) is 11.5 Å². The normalized spacial score (nSPS) is 12.3. The third-order valence-electron chi connectivity index (χ3n) is 2.85. The first-order valence-corrected chi connectivity index (χ1v) is 6.76. The van der Waals surface area contributed by atoms with Gasteiger partial charge in [-0.25, -0.2) is 4.39 Å². The van der Waals surface area contributed by atoms with Gasteiger partial charge in [-0.05, 0) is 37.6 Å². The number of nitrogens with two attached hydrogens (primary N) is 1. The molecule has 0 saturated carbocycles. The molecule has 2 rings (SSSR count). The van der Waals surface area contributed by atoms with Crippen molar-refractivity contribution in [3.05, 3.63) is 57.8 Å². The van der Waals surface area contributed by atoms with E-state index in [1.807, 2.05) is 25.1 Å². The minimum absolute atomic E-state index is 0.193. The summed E-state index contributed by atoms with van der Waals surface area (Å²) in [7, 11) is 0. The molecule has 2 aromatic rings. The lowest BCUT2D eigenvalue weighted by Crippen LogP contribution is -2.08. The van der Waals surface area contributed by atoms with E-state index < -0.39 is 5.82 Å². The number of halogens is 2. The minimum Gasteiger partial charge on any atom is -0.454 e. The molecule has 0 saturated heterocycles. The number of para-hydroxylation sites is 1. The Labute approximate surface area is 120 Å². The standard InChI is InChI=1S/C15H15BrFNO/c1-9-6-7-11(16)8-14(9)19-15-12(10(2)18)4-3-5-13(15)17/h3-8,10H,18H2,1-2H3/t10-/m0/s1. The Morgan fingerprint density at radius 2 is 2.00 bits per heavy atom. The van der Waals surface area contributed by atoms with Crippen LogP contribution in [0.25, 0.3) is 0 Å². The molecule has 4 heteroatoms. The highest BCUT2D eigenvalue weighted by molar-refractivity contribution is 9.10. The van der Waals surface area contributed by atoms with Crippen molar-refractivity contribution in [3.63, 3.8) is 0 Å². The summed E-state index contributed by atoms with van der Waals surface area (Å²) in [5, 5.41) is 0. The second-order valence-corrected chi connectivity index (χ2v) is 5.37. The van der Waals surface area contributed by atoms with E-state index in [1.54, 1.807) is 19.1 Å². The maximum atomic E-state index is 13.9. The average molecular weight is 324 g/mol. The van der Waals surface area contributed by atoms with E-state index in [2.05, 4.69) is 15.9 Å². The van der Waals surface area contributed by atoms with Crippen molar-refractivity contribution in [2.45, 2.75) is 19.9 Å². The number of rotatable bonds is 3. The largest absolute Gasteiger partial charge is 0.454 e. The first-order chi connectivity index (χ1) is 8.99. The summed E-state index contributed by atoms with van der Waals surface area (Å²) in [5.41, 5.74) is 7.43. The van der Waals surface area contributed by atoms with Gasteiger partial charge in [0.1, 0.15) is 5.75 Å². The zero-order valence-electron chi connectivity index (χ0n) is 10.8. The summed E-state index contributed by atoms with van der Waals surface area (Å²) in [6.45, 7) is 3.71. The average Bonchev–Trinajstić information content (AvgIpc) is 2.35. The van der Waals surface area contributed by atoms with E-state index in [9.17, 15) is 4.39 Å². The quantitative estimate of drug-likeness (QED) is 0.887. The second-order valence-electron chi connectivity index (χ2n) is 4.46. The fourth-order valence-electron chi connectivity index (χ4n) is 1.79. The molecule has 19 heavy (non-hydrogen) atoms. The zero-order valence-corrected chi connectivity index (χ0v) is 12.4. The molecule has 0 heterocycles. The van der Waals surface area contributed by atoms with Gasteiger partial charge in [-0.15, -0.1) is 0 Å². The zero-order chi connectivity index (χ0) is 14.0. The Kier molecular flexibility index (Phi) is 4.22. The third-order valence-corrected chi connectivity index (χ3v) is 3.34. The van der Waals surface area contributed by atoms with Gasteiger partial charge in [0.15, 0.2) is 11.6 Å². The molecular weight excluding hydrogens is 309 g/mol. The predicted molar refractivity (Wildman–Crippen MR) is 78.0 cm³/mol. The van der Waals surface area contributed by atoms with Crippen LogP contribution in [0.15, 0.2) is 40.9 Å². The van der Waals surface area contributed by atoms with Crippen LogP contribution in [0, 0.1) is 12.7 Å². The minimum atomic E-state index is -0.408. The Balaban J connectivity index is 2.46. The van der Waals surface area contributed by atoms with Gasteiger partial charge in [-0.1, -0.05) is 34.1 Å². The van der Waals surface area contributed by atoms with Crippen LogP contribution in [-0.2, 0) is 0 Å². The lowest BCUT2D eigenvalue weighted by molar-refractivity contribution is 0.430. The second kappa shape index (κ2) is 5.72. The Morgan fingerprint density at radius 1 is 1.26 bits per heavy atom. The van der Waals surface area contributed by atoms with Crippen LogP contribution >= 0.6 is 15.9 Å². The van der Waals surface area contributed by atoms with E-state index in [0.29, 0.717) is 11.3 Å². The molecule has 0 aliphatic carbocycles. The molecule has 2 aromatic carbocycles. The SMILES string of the molecule is Cc1ccc(Br)cc1Oc1c(F)cccc1[C@H](C)N. The van der Waals surface area contributed by atoms with E-state index >= 15 is 0 Å². The number of benzene rings is 2. The van der Waals surface area contributed by atoms with E-state index in [0.717, 1.165) is 10.0 Å². The van der Waals surface area contributed by atoms with Gasteiger partial charge in [-0.3, -0.25) is 0 Å². The molecule has 0 fully saturated rings. The van der Waals surface area contributed by atoms with Crippen molar-refractivity contribution in [2.24, 2.45) is 5.73 Å². The Bertz CT molecular complexity index is 599. The van der Waals surface area contributed by atoms with Crippen LogP contribution in [0.1, 0.15) is 24.1 Å². The van der Waals surface area contributed by atoms with Crippen molar-refractivity contribution in [2.75, 3.05) is 0 Å². The van der Waals surface area contributed by atoms with Crippen LogP contribution < -0.4 is 10.5 Å². The lowest BCUT2D eigenvalue weighted by atomic mass is 10.1. The third kappa shape index (κ3) is 3.14. The summed E-state index contributed by atoms with van der Waals surface area (Å²) in [5.74, 6) is 0.397. The van der Waals surface area contributed by atoms with Crippen molar-refractivity contribution in [3.8, 4) is 11.5 Å². The van der Waals surface area contributed by atoms with E-state index in [1.165, 1.54) is 6.07 Å². The fraction of sp³-hybridized carbons (Fsp3) is 0.200. The van der Waals surface area contributed by atoms with Crippen LogP contribution in [-0.4, -0.2) is 0 Å². The van der Waals surface area contributed by atoms with Crippen molar-refractivity contribution >= 4 is 15.9 Å². The van der Waals surface area contributed by atoms with Crippen LogP contribution in [0.2, 0.25) is 0 Å². The lowest BCUT2D eigenvalue weighted by Gasteiger charge is -2.15. The molecule has 2 nitrogen and oxygen atoms in total. The maximum absolute atomic E-state index is 13.9. The van der Waals surface area contributed by atoms with Gasteiger partial charge >= 0.3 is 0 Å². The molecule has 1 atom stereocenters. The summed E-state index contributed by atoms with van der Waals surface area (Å²) < 4.78 is 20.5. The fourth-order valence-corrected chi connectivity index (χ4v) is 2.13. The summed E-state index contributed by atoms with van der Waals surface area (Å²) in [6, 6.07) is 10.1. The van der Waals surface area contributed by atoms with Gasteiger partial charge in [0.2, 0.25) is 0 Å². The molecule has 0 aliphatic heterocycles. The van der Waals surface area contributed by atoms with Crippen molar-refractivity contribution in [1.29, 1.82) is 0 Å². The first kappa shape index (κ1) is 14.0. The van der Waals surface area contributed by atoms with Gasteiger partial charge in [0.05, 0.1) is 0 Å². The smallest absolute Gasteiger partial charge is 0.167 e. The summed E-state index contributed by atoms with van der Waals surface area (Å²) in [6.07, 6.45) is 0. The van der Waals surface area contributed by atoms with Gasteiger partial charge < -0.3 is 10.5 Å². The highest BCUT2D eigenvalue weighted by Crippen LogP contribution is 2.34. The first-order valence-electron chi connectivity index (χ1n) is 5.97. The summed E-state index contributed by atoms with van der Waals surface area (Å²) in [4.78, 5) is 0. The predicted octanol–water partition coefficient (Wildman–Crippen LogP) is 4.71. The number of hydrogen-bond donors (Lipinski definition) is 1. The highest BCUT2D eigenvalue weighted by atomic mass is 79.9. The molecule has 0 radical (unpaired) electrons. The molecule has 0 aliphatic rings. The number of aryl methyl sites for hydroxylation is 1. The molecule has 2 N–H and O–H groups in total. The number of ether oxygens (including phenoxy) is 1. The van der Waals surface area contributed by atoms with Crippen molar-refractivity contribution in [1.82, 2.24) is 0 Å². The van der Waals surface area contributed by atoms with E-state index in [-0.39, 0.29) is 11.8 Å². The van der Waals surface area contributed by atoms with Gasteiger partial charge in [0.25, 0.3) is 0 Å². The van der Waals surface area contributed by atoms with Gasteiger partial charge in [-0.2, -0.15) is 0 Å². The topological polar surface area (TPSA) is 35.2 Å². The van der Waals surface area contributed by atoms with Crippen LogP contribution in [0.4, 0.5) is 4.39 Å². The van der Waals surface area contributed by atoms with Crippen molar-refractivity contribution < 1.29 is 9.13 Å². The highest BCUT2D eigenvalue weighted by Gasteiger charge is 2.15. The molecule has 0 spiro atoms. The van der Waals surface area contributed by atoms with Crippen LogP contribution in [0.3, 0.4) is 0 Å². The molecule has 0 bridgehead atoms. The van der Waals surface area contributed by atoms with E-state index in [4.69, 9.17) is 10.5 Å². The van der Waals surface area contributed by atoms with Gasteiger partial charge in [0, 0.05) is 16.1 Å². The summed E-state index contributed by atoms with van der Waals surface area (Å²) >= 11 is 3.38. The Morgan fingerprint density at radius 3 is 2.68 bits per heavy atom. The molecular formula is C15H15BrFNO. The molecule has 0 unspecified atom stereocenters. The molecule has 100 valence electrons. The molecule has 0 aromatic heterocycles. The molecule has 0 amide bonds. The monoisotopic (exact) mass is 323 g/mol. The number of hydrogen-bond acceptors (Lipinski definition) is 2. The maximum Gasteiger partial charge on any atom is 0.167 e. The Hall–Kier alpha value is -1.39.